The fraction of sp³-hybridized carbons (Fsp3) is 0.571. The molecule has 1 aliphatic heterocycles. The largest absolute Gasteiger partial charge is 0.493 e. The van der Waals surface area contributed by atoms with Crippen molar-refractivity contribution in [1.82, 2.24) is 5.32 Å². The first kappa shape index (κ1) is 15.0. The average Bonchev–Trinajstić information content (AvgIpc) is 2.91. The molecule has 2 rings (SSSR count). The van der Waals surface area contributed by atoms with Gasteiger partial charge in [0.15, 0.2) is 11.5 Å². The van der Waals surface area contributed by atoms with Crippen LogP contribution in [0.25, 0.3) is 0 Å². The zero-order chi connectivity index (χ0) is 13.7. The summed E-state index contributed by atoms with van der Waals surface area (Å²) in [4.78, 5) is 0. The molecule has 19 heavy (non-hydrogen) atoms. The SMILES string of the molecule is COc1cc(CNCC2CCCS2)cc(Br)c1OC. The normalized spacial score (nSPS) is 18.6. The number of ether oxygens (including phenoxy) is 2. The minimum atomic E-state index is 0.748. The van der Waals surface area contributed by atoms with E-state index in [-0.39, 0.29) is 0 Å². The lowest BCUT2D eigenvalue weighted by atomic mass is 10.2. The lowest BCUT2D eigenvalue weighted by Gasteiger charge is -2.13. The van der Waals surface area contributed by atoms with Gasteiger partial charge in [-0.3, -0.25) is 0 Å². The van der Waals surface area contributed by atoms with Crippen LogP contribution >= 0.6 is 27.7 Å². The van der Waals surface area contributed by atoms with Gasteiger partial charge in [-0.1, -0.05) is 0 Å². The van der Waals surface area contributed by atoms with Gasteiger partial charge in [-0.2, -0.15) is 11.8 Å². The smallest absolute Gasteiger partial charge is 0.174 e. The number of hydrogen-bond acceptors (Lipinski definition) is 4. The summed E-state index contributed by atoms with van der Waals surface area (Å²) in [5.41, 5.74) is 1.20. The van der Waals surface area contributed by atoms with Crippen molar-refractivity contribution in [3.8, 4) is 11.5 Å². The van der Waals surface area contributed by atoms with Crippen molar-refractivity contribution < 1.29 is 9.47 Å². The van der Waals surface area contributed by atoms with E-state index in [4.69, 9.17) is 9.47 Å². The number of nitrogens with one attached hydrogen (secondary N) is 1. The summed E-state index contributed by atoms with van der Waals surface area (Å²) in [6.07, 6.45) is 2.70. The molecular weight excluding hydrogens is 326 g/mol. The molecule has 0 bridgehead atoms. The second-order valence-electron chi connectivity index (χ2n) is 4.58. The van der Waals surface area contributed by atoms with E-state index in [1.165, 1.54) is 24.2 Å². The molecule has 0 aromatic heterocycles. The highest BCUT2D eigenvalue weighted by Gasteiger charge is 2.15. The number of thioether (sulfide) groups is 1. The van der Waals surface area contributed by atoms with E-state index in [0.29, 0.717) is 0 Å². The number of rotatable bonds is 6. The van der Waals surface area contributed by atoms with Crippen LogP contribution in [0.5, 0.6) is 11.5 Å². The van der Waals surface area contributed by atoms with Crippen molar-refractivity contribution in [1.29, 1.82) is 0 Å². The van der Waals surface area contributed by atoms with E-state index >= 15 is 0 Å². The Hall–Kier alpha value is -0.390. The Morgan fingerprint density at radius 3 is 2.84 bits per heavy atom. The molecule has 5 heteroatoms. The molecule has 1 heterocycles. The highest BCUT2D eigenvalue weighted by Crippen LogP contribution is 2.36. The zero-order valence-corrected chi connectivity index (χ0v) is 13.8. The van der Waals surface area contributed by atoms with E-state index in [1.54, 1.807) is 14.2 Å². The third-order valence-electron chi connectivity index (χ3n) is 3.22. The third kappa shape index (κ3) is 4.04. The number of halogens is 1. The molecule has 0 amide bonds. The van der Waals surface area contributed by atoms with Crippen molar-refractivity contribution in [3.05, 3.63) is 22.2 Å². The van der Waals surface area contributed by atoms with E-state index in [0.717, 1.165) is 34.3 Å². The Bertz CT molecular complexity index is 422. The van der Waals surface area contributed by atoms with E-state index in [1.807, 2.05) is 6.07 Å². The van der Waals surface area contributed by atoms with Crippen LogP contribution in [-0.4, -0.2) is 31.8 Å². The predicted octanol–water partition coefficient (Wildman–Crippen LogP) is 3.45. The summed E-state index contributed by atoms with van der Waals surface area (Å²) in [5.74, 6) is 2.83. The lowest BCUT2D eigenvalue weighted by molar-refractivity contribution is 0.352. The molecule has 1 aromatic carbocycles. The standard InChI is InChI=1S/C14H20BrNO2S/c1-17-13-7-10(6-12(15)14(13)18-2)8-16-9-11-4-3-5-19-11/h6-7,11,16H,3-5,8-9H2,1-2H3. The number of benzene rings is 1. The zero-order valence-electron chi connectivity index (χ0n) is 11.4. The fourth-order valence-corrected chi connectivity index (χ4v) is 4.14. The van der Waals surface area contributed by atoms with Crippen molar-refractivity contribution in [2.45, 2.75) is 24.6 Å². The van der Waals surface area contributed by atoms with Crippen LogP contribution < -0.4 is 14.8 Å². The molecule has 1 unspecified atom stereocenters. The minimum Gasteiger partial charge on any atom is -0.493 e. The molecule has 1 saturated heterocycles. The number of hydrogen-bond donors (Lipinski definition) is 1. The first-order chi connectivity index (χ1) is 9.24. The highest BCUT2D eigenvalue weighted by molar-refractivity contribution is 9.10. The highest BCUT2D eigenvalue weighted by atomic mass is 79.9. The summed E-state index contributed by atoms with van der Waals surface area (Å²) in [6, 6.07) is 4.11. The van der Waals surface area contributed by atoms with Crippen molar-refractivity contribution in [3.63, 3.8) is 0 Å². The maximum Gasteiger partial charge on any atom is 0.174 e. The van der Waals surface area contributed by atoms with Crippen LogP contribution in [0, 0.1) is 0 Å². The Labute approximate surface area is 127 Å². The molecule has 1 aliphatic rings. The Kier molecular flexibility index (Phi) is 5.85. The molecule has 1 atom stereocenters. The fourth-order valence-electron chi connectivity index (χ4n) is 2.26. The van der Waals surface area contributed by atoms with E-state index in [9.17, 15) is 0 Å². The van der Waals surface area contributed by atoms with Gasteiger partial charge in [0.1, 0.15) is 0 Å². The van der Waals surface area contributed by atoms with Crippen LogP contribution in [0.3, 0.4) is 0 Å². The molecule has 1 fully saturated rings. The summed E-state index contributed by atoms with van der Waals surface area (Å²) < 4.78 is 11.6. The second kappa shape index (κ2) is 7.41. The molecule has 106 valence electrons. The first-order valence-corrected chi connectivity index (χ1v) is 8.31. The van der Waals surface area contributed by atoms with Crippen molar-refractivity contribution >= 4 is 27.7 Å². The van der Waals surface area contributed by atoms with E-state index < -0.39 is 0 Å². The third-order valence-corrected chi connectivity index (χ3v) is 5.21. The number of methoxy groups -OCH3 is 2. The van der Waals surface area contributed by atoms with Crippen LogP contribution in [0.4, 0.5) is 0 Å². The molecule has 1 aromatic rings. The van der Waals surface area contributed by atoms with Crippen LogP contribution in [0.1, 0.15) is 18.4 Å². The average molecular weight is 346 g/mol. The molecule has 3 nitrogen and oxygen atoms in total. The molecule has 1 N–H and O–H groups in total. The Morgan fingerprint density at radius 2 is 2.21 bits per heavy atom. The van der Waals surface area contributed by atoms with Gasteiger partial charge in [-0.05, 0) is 52.2 Å². The van der Waals surface area contributed by atoms with Gasteiger partial charge in [-0.25, -0.2) is 0 Å². The van der Waals surface area contributed by atoms with Gasteiger partial charge in [0.25, 0.3) is 0 Å². The van der Waals surface area contributed by atoms with Gasteiger partial charge in [-0.15, -0.1) is 0 Å². The summed E-state index contributed by atoms with van der Waals surface area (Å²) in [5, 5.41) is 4.30. The van der Waals surface area contributed by atoms with Crippen molar-refractivity contribution in [2.24, 2.45) is 0 Å². The topological polar surface area (TPSA) is 30.5 Å². The molecule has 0 saturated carbocycles. The molecule has 0 radical (unpaired) electrons. The Morgan fingerprint density at radius 1 is 1.37 bits per heavy atom. The summed E-state index contributed by atoms with van der Waals surface area (Å²) in [7, 11) is 3.31. The molecule has 0 spiro atoms. The maximum absolute atomic E-state index is 5.35. The van der Waals surface area contributed by atoms with Crippen LogP contribution in [0.2, 0.25) is 0 Å². The predicted molar refractivity (Wildman–Crippen MR) is 84.4 cm³/mol. The summed E-state index contributed by atoms with van der Waals surface area (Å²) in [6.45, 7) is 1.94. The van der Waals surface area contributed by atoms with Gasteiger partial charge in [0, 0.05) is 18.3 Å². The first-order valence-electron chi connectivity index (χ1n) is 6.47. The van der Waals surface area contributed by atoms with Gasteiger partial charge >= 0.3 is 0 Å². The van der Waals surface area contributed by atoms with Gasteiger partial charge in [0.2, 0.25) is 0 Å². The van der Waals surface area contributed by atoms with Crippen LogP contribution in [0.15, 0.2) is 16.6 Å². The second-order valence-corrected chi connectivity index (χ2v) is 6.84. The maximum atomic E-state index is 5.35. The Balaban J connectivity index is 1.94. The molecule has 0 aliphatic carbocycles. The lowest BCUT2D eigenvalue weighted by Crippen LogP contribution is -2.22. The quantitative estimate of drug-likeness (QED) is 0.855. The van der Waals surface area contributed by atoms with Crippen LogP contribution in [-0.2, 0) is 6.54 Å². The van der Waals surface area contributed by atoms with E-state index in [2.05, 4.69) is 39.1 Å². The van der Waals surface area contributed by atoms with Gasteiger partial charge < -0.3 is 14.8 Å². The minimum absolute atomic E-state index is 0.748. The monoisotopic (exact) mass is 345 g/mol. The van der Waals surface area contributed by atoms with Crippen molar-refractivity contribution in [2.75, 3.05) is 26.5 Å². The van der Waals surface area contributed by atoms with Gasteiger partial charge in [0.05, 0.1) is 18.7 Å². The molecular formula is C14H20BrNO2S. The summed E-state index contributed by atoms with van der Waals surface area (Å²) >= 11 is 5.60.